The monoisotopic (exact) mass is 644 g/mol. The van der Waals surface area contributed by atoms with Crippen LogP contribution >= 0.6 is 11.3 Å². The zero-order chi connectivity index (χ0) is 32.6. The molecule has 1 aromatic heterocycles. The van der Waals surface area contributed by atoms with Crippen LogP contribution in [0.4, 0.5) is 34.1 Å². The normalized spacial score (nSPS) is 11.3. The SMILES string of the molecule is c1ccc(N(c2ccccc2)c2cc(-c3cccc4sc5ccccc5c34)cc(N(c3ccccc3)c3cccc4ccccc34)c2)cc1. The molecule has 0 saturated heterocycles. The van der Waals surface area contributed by atoms with Crippen LogP contribution in [-0.4, -0.2) is 0 Å². The predicted molar refractivity (Wildman–Crippen MR) is 212 cm³/mol. The summed E-state index contributed by atoms with van der Waals surface area (Å²) in [5, 5.41) is 5.01. The second-order valence-corrected chi connectivity index (χ2v) is 13.3. The zero-order valence-corrected chi connectivity index (χ0v) is 27.6. The Hall–Kier alpha value is -6.16. The summed E-state index contributed by atoms with van der Waals surface area (Å²) in [6, 6.07) is 69.9. The van der Waals surface area contributed by atoms with Gasteiger partial charge in [-0.1, -0.05) is 121 Å². The molecule has 9 rings (SSSR count). The van der Waals surface area contributed by atoms with Crippen molar-refractivity contribution in [2.24, 2.45) is 0 Å². The highest BCUT2D eigenvalue weighted by atomic mass is 32.1. The van der Waals surface area contributed by atoms with E-state index in [1.165, 1.54) is 42.1 Å². The van der Waals surface area contributed by atoms with Crippen LogP contribution in [0.3, 0.4) is 0 Å². The average molecular weight is 645 g/mol. The molecule has 49 heavy (non-hydrogen) atoms. The van der Waals surface area contributed by atoms with Crippen molar-refractivity contribution in [3.05, 3.63) is 194 Å². The highest BCUT2D eigenvalue weighted by Gasteiger charge is 2.21. The first kappa shape index (κ1) is 29.0. The molecular weight excluding hydrogens is 613 g/mol. The van der Waals surface area contributed by atoms with Crippen molar-refractivity contribution in [3.8, 4) is 11.1 Å². The summed E-state index contributed by atoms with van der Waals surface area (Å²) in [7, 11) is 0. The lowest BCUT2D eigenvalue weighted by Gasteiger charge is -2.31. The Morgan fingerprint density at radius 1 is 0.347 bits per heavy atom. The summed E-state index contributed by atoms with van der Waals surface area (Å²) in [5.41, 5.74) is 9.01. The first-order valence-electron chi connectivity index (χ1n) is 16.6. The quantitative estimate of drug-likeness (QED) is 0.170. The summed E-state index contributed by atoms with van der Waals surface area (Å²) in [5.74, 6) is 0. The second-order valence-electron chi connectivity index (χ2n) is 12.2. The lowest BCUT2D eigenvalue weighted by Crippen LogP contribution is -2.14. The van der Waals surface area contributed by atoms with E-state index >= 15 is 0 Å². The maximum atomic E-state index is 2.41. The van der Waals surface area contributed by atoms with Gasteiger partial charge in [-0.3, -0.25) is 0 Å². The van der Waals surface area contributed by atoms with Crippen LogP contribution in [0.2, 0.25) is 0 Å². The maximum absolute atomic E-state index is 2.41. The van der Waals surface area contributed by atoms with E-state index in [0.717, 1.165) is 34.1 Å². The number of rotatable bonds is 7. The van der Waals surface area contributed by atoms with E-state index < -0.39 is 0 Å². The van der Waals surface area contributed by atoms with Crippen LogP contribution in [0.15, 0.2) is 194 Å². The molecule has 0 aliphatic rings. The van der Waals surface area contributed by atoms with Gasteiger partial charge in [0.1, 0.15) is 0 Å². The van der Waals surface area contributed by atoms with Gasteiger partial charge >= 0.3 is 0 Å². The number of nitrogens with zero attached hydrogens (tertiary/aromatic N) is 2. The fourth-order valence-corrected chi connectivity index (χ4v) is 8.17. The number of hydrogen-bond acceptors (Lipinski definition) is 3. The van der Waals surface area contributed by atoms with E-state index in [4.69, 9.17) is 0 Å². The minimum atomic E-state index is 1.09. The summed E-state index contributed by atoms with van der Waals surface area (Å²) in [6.07, 6.45) is 0. The van der Waals surface area contributed by atoms with Gasteiger partial charge in [-0.25, -0.2) is 0 Å². The Bertz CT molecular complexity index is 2510. The largest absolute Gasteiger partial charge is 0.310 e. The van der Waals surface area contributed by atoms with Gasteiger partial charge in [-0.2, -0.15) is 0 Å². The molecule has 0 unspecified atom stereocenters. The molecule has 0 aliphatic heterocycles. The second kappa shape index (κ2) is 12.5. The van der Waals surface area contributed by atoms with E-state index in [2.05, 4.69) is 204 Å². The zero-order valence-electron chi connectivity index (χ0n) is 26.8. The van der Waals surface area contributed by atoms with Gasteiger partial charge < -0.3 is 9.80 Å². The highest BCUT2D eigenvalue weighted by molar-refractivity contribution is 7.25. The van der Waals surface area contributed by atoms with E-state index in [0.29, 0.717) is 0 Å². The summed E-state index contributed by atoms with van der Waals surface area (Å²) < 4.78 is 2.60. The van der Waals surface area contributed by atoms with Gasteiger partial charge in [-0.15, -0.1) is 11.3 Å². The average Bonchev–Trinajstić information content (AvgIpc) is 3.56. The minimum Gasteiger partial charge on any atom is -0.310 e. The van der Waals surface area contributed by atoms with Crippen LogP contribution in [0.5, 0.6) is 0 Å². The molecule has 3 heteroatoms. The van der Waals surface area contributed by atoms with Gasteiger partial charge in [0.25, 0.3) is 0 Å². The molecule has 9 aromatic rings. The molecule has 0 aliphatic carbocycles. The van der Waals surface area contributed by atoms with Gasteiger partial charge in [0.05, 0.1) is 5.69 Å². The Morgan fingerprint density at radius 3 is 1.55 bits per heavy atom. The van der Waals surface area contributed by atoms with Crippen molar-refractivity contribution in [1.82, 2.24) is 0 Å². The first-order valence-corrected chi connectivity index (χ1v) is 17.4. The molecule has 0 amide bonds. The van der Waals surface area contributed by atoms with Gasteiger partial charge in [-0.05, 0) is 89.3 Å². The van der Waals surface area contributed by atoms with E-state index in [-0.39, 0.29) is 0 Å². The summed E-state index contributed by atoms with van der Waals surface area (Å²) in [4.78, 5) is 4.78. The van der Waals surface area contributed by atoms with Gasteiger partial charge in [0.2, 0.25) is 0 Å². The van der Waals surface area contributed by atoms with Crippen LogP contribution in [0.25, 0.3) is 42.1 Å². The molecule has 0 radical (unpaired) electrons. The fourth-order valence-electron chi connectivity index (χ4n) is 7.03. The van der Waals surface area contributed by atoms with Crippen LogP contribution < -0.4 is 9.80 Å². The first-order chi connectivity index (χ1) is 24.3. The van der Waals surface area contributed by atoms with E-state index in [1.54, 1.807) is 0 Å². The maximum Gasteiger partial charge on any atom is 0.0540 e. The molecule has 1 heterocycles. The van der Waals surface area contributed by atoms with Crippen molar-refractivity contribution in [3.63, 3.8) is 0 Å². The van der Waals surface area contributed by atoms with Crippen LogP contribution in [-0.2, 0) is 0 Å². The highest BCUT2D eigenvalue weighted by Crippen LogP contribution is 2.47. The number of hydrogen-bond donors (Lipinski definition) is 0. The number of anilines is 6. The Morgan fingerprint density at radius 2 is 0.857 bits per heavy atom. The molecule has 2 nitrogen and oxygen atoms in total. The lowest BCUT2D eigenvalue weighted by atomic mass is 9.97. The smallest absolute Gasteiger partial charge is 0.0540 e. The van der Waals surface area contributed by atoms with Gasteiger partial charge in [0, 0.05) is 54.0 Å². The number of para-hydroxylation sites is 3. The van der Waals surface area contributed by atoms with Crippen LogP contribution in [0, 0.1) is 0 Å². The molecule has 232 valence electrons. The topological polar surface area (TPSA) is 6.48 Å². The third-order valence-electron chi connectivity index (χ3n) is 9.18. The van der Waals surface area contributed by atoms with E-state index in [1.807, 2.05) is 11.3 Å². The fraction of sp³-hybridized carbons (Fsp3) is 0. The van der Waals surface area contributed by atoms with Crippen LogP contribution in [0.1, 0.15) is 0 Å². The number of fused-ring (bicyclic) bond motifs is 4. The standard InChI is InChI=1S/C46H32N2S/c1-4-18-35(19-5-1)47(36-20-6-2-7-21-36)38-30-34(41-26-15-29-45-46(41)42-25-12-13-28-44(42)49-45)31-39(32-38)48(37-22-8-3-9-23-37)43-27-14-17-33-16-10-11-24-40(33)43/h1-32H. The Balaban J connectivity index is 1.37. The van der Waals surface area contributed by atoms with Crippen molar-refractivity contribution < 1.29 is 0 Å². The number of thiophene rings is 1. The third kappa shape index (κ3) is 5.31. The molecule has 0 N–H and O–H groups in total. The van der Waals surface area contributed by atoms with Crippen molar-refractivity contribution in [2.75, 3.05) is 9.80 Å². The molecular formula is C46H32N2S. The summed E-state index contributed by atoms with van der Waals surface area (Å²) in [6.45, 7) is 0. The number of benzene rings is 8. The third-order valence-corrected chi connectivity index (χ3v) is 10.3. The molecule has 0 bridgehead atoms. The molecule has 8 aromatic carbocycles. The lowest BCUT2D eigenvalue weighted by molar-refractivity contribution is 1.26. The molecule has 0 fully saturated rings. The predicted octanol–water partition coefficient (Wildman–Crippen LogP) is 13.8. The Labute approximate surface area is 290 Å². The molecule has 0 saturated carbocycles. The summed E-state index contributed by atoms with van der Waals surface area (Å²) >= 11 is 1.86. The van der Waals surface area contributed by atoms with Crippen molar-refractivity contribution in [2.45, 2.75) is 0 Å². The van der Waals surface area contributed by atoms with E-state index in [9.17, 15) is 0 Å². The van der Waals surface area contributed by atoms with Crippen molar-refractivity contribution >= 4 is 76.4 Å². The van der Waals surface area contributed by atoms with Gasteiger partial charge in [0.15, 0.2) is 0 Å². The Kier molecular flexibility index (Phi) is 7.38. The minimum absolute atomic E-state index is 1.09. The molecule has 0 spiro atoms. The van der Waals surface area contributed by atoms with Crippen molar-refractivity contribution in [1.29, 1.82) is 0 Å². The molecule has 0 atom stereocenters.